The van der Waals surface area contributed by atoms with Crippen molar-refractivity contribution in [3.05, 3.63) is 35.4 Å². The number of likely N-dealkylation sites (tertiary alicyclic amines) is 1. The molecule has 1 fully saturated rings. The van der Waals surface area contributed by atoms with E-state index < -0.39 is 6.17 Å². The van der Waals surface area contributed by atoms with E-state index >= 15 is 0 Å². The molecule has 1 aromatic carbocycles. The van der Waals surface area contributed by atoms with Gasteiger partial charge in [0.25, 0.3) is 0 Å². The molecule has 0 spiro atoms. The lowest BCUT2D eigenvalue weighted by atomic mass is 10.00. The number of alkyl halides is 1. The molecule has 3 rings (SSSR count). The molecule has 3 atom stereocenters. The zero-order valence-electron chi connectivity index (χ0n) is 9.70. The van der Waals surface area contributed by atoms with Crippen LogP contribution in [0.4, 0.5) is 4.39 Å². The van der Waals surface area contributed by atoms with E-state index in [1.54, 1.807) is 0 Å². The van der Waals surface area contributed by atoms with Crippen molar-refractivity contribution in [2.24, 2.45) is 0 Å². The normalized spacial score (nSPS) is 34.2. The third-order valence-electron chi connectivity index (χ3n) is 4.18. The van der Waals surface area contributed by atoms with Gasteiger partial charge >= 0.3 is 0 Å². The first kappa shape index (κ1) is 10.3. The largest absolute Gasteiger partial charge is 0.296 e. The fourth-order valence-corrected chi connectivity index (χ4v) is 3.26. The van der Waals surface area contributed by atoms with Crippen molar-refractivity contribution < 1.29 is 4.39 Å². The van der Waals surface area contributed by atoms with Crippen LogP contribution in [0.25, 0.3) is 0 Å². The first-order valence-electron chi connectivity index (χ1n) is 6.21. The van der Waals surface area contributed by atoms with E-state index in [4.69, 9.17) is 0 Å². The molecule has 2 heteroatoms. The summed E-state index contributed by atoms with van der Waals surface area (Å²) in [5.41, 5.74) is 2.93. The third-order valence-corrected chi connectivity index (χ3v) is 4.18. The second-order valence-corrected chi connectivity index (χ2v) is 5.14. The van der Waals surface area contributed by atoms with Crippen LogP contribution in [0.1, 0.15) is 30.4 Å². The Hall–Kier alpha value is -0.890. The molecule has 16 heavy (non-hydrogen) atoms. The van der Waals surface area contributed by atoms with Gasteiger partial charge in [-0.3, -0.25) is 4.90 Å². The number of rotatable bonds is 1. The Bertz CT molecular complexity index is 390. The maximum atomic E-state index is 13.2. The Morgan fingerprint density at radius 1 is 1.31 bits per heavy atom. The van der Waals surface area contributed by atoms with Crippen LogP contribution in [0.2, 0.25) is 0 Å². The molecule has 1 aliphatic heterocycles. The fourth-order valence-electron chi connectivity index (χ4n) is 3.26. The van der Waals surface area contributed by atoms with Crippen molar-refractivity contribution in [3.63, 3.8) is 0 Å². The number of fused-ring (bicyclic) bond motifs is 1. The molecule has 0 aromatic heterocycles. The highest BCUT2D eigenvalue weighted by molar-refractivity contribution is 5.37. The first-order chi connectivity index (χ1) is 7.75. The fraction of sp³-hybridized carbons (Fsp3) is 0.571. The van der Waals surface area contributed by atoms with Crippen molar-refractivity contribution in [2.75, 3.05) is 13.1 Å². The van der Waals surface area contributed by atoms with Gasteiger partial charge in [-0.1, -0.05) is 31.2 Å². The monoisotopic (exact) mass is 219 g/mol. The molecule has 86 valence electrons. The highest BCUT2D eigenvalue weighted by Gasteiger charge is 2.36. The van der Waals surface area contributed by atoms with Gasteiger partial charge in [0, 0.05) is 19.1 Å². The zero-order chi connectivity index (χ0) is 11.1. The van der Waals surface area contributed by atoms with Crippen LogP contribution in [0.15, 0.2) is 24.3 Å². The second-order valence-electron chi connectivity index (χ2n) is 5.14. The number of benzene rings is 1. The van der Waals surface area contributed by atoms with Crippen LogP contribution in [0, 0.1) is 0 Å². The smallest absolute Gasteiger partial charge is 0.114 e. The molecular weight excluding hydrogens is 201 g/mol. The molecule has 1 nitrogen and oxygen atoms in total. The van der Waals surface area contributed by atoms with E-state index in [0.717, 1.165) is 19.4 Å². The molecule has 0 saturated carbocycles. The van der Waals surface area contributed by atoms with Gasteiger partial charge in [-0.2, -0.15) is 0 Å². The average Bonchev–Trinajstić information content (AvgIpc) is 2.84. The number of hydrogen-bond donors (Lipinski definition) is 0. The van der Waals surface area contributed by atoms with Gasteiger partial charge in [-0.15, -0.1) is 0 Å². The Labute approximate surface area is 96.3 Å². The summed E-state index contributed by atoms with van der Waals surface area (Å²) in [6, 6.07) is 9.19. The topological polar surface area (TPSA) is 3.24 Å². The van der Waals surface area contributed by atoms with Crippen LogP contribution >= 0.6 is 0 Å². The Morgan fingerprint density at radius 3 is 2.81 bits per heavy atom. The lowest BCUT2D eigenvalue weighted by molar-refractivity contribution is 0.207. The predicted molar refractivity (Wildman–Crippen MR) is 63.4 cm³/mol. The van der Waals surface area contributed by atoms with E-state index in [9.17, 15) is 4.39 Å². The number of halogens is 1. The Morgan fingerprint density at radius 2 is 2.12 bits per heavy atom. The van der Waals surface area contributed by atoms with E-state index in [2.05, 4.69) is 36.1 Å². The van der Waals surface area contributed by atoms with Crippen molar-refractivity contribution in [1.29, 1.82) is 0 Å². The van der Waals surface area contributed by atoms with E-state index in [1.165, 1.54) is 11.1 Å². The van der Waals surface area contributed by atoms with Crippen molar-refractivity contribution in [3.8, 4) is 0 Å². The van der Waals surface area contributed by atoms with Gasteiger partial charge in [0.05, 0.1) is 0 Å². The SMILES string of the molecule is CC1c2ccccc2C[C@H]1N1CC[C@H](F)C1. The van der Waals surface area contributed by atoms with Crippen LogP contribution in [0.3, 0.4) is 0 Å². The van der Waals surface area contributed by atoms with E-state index in [-0.39, 0.29) is 0 Å². The second kappa shape index (κ2) is 3.85. The van der Waals surface area contributed by atoms with Gasteiger partial charge in [0.2, 0.25) is 0 Å². The van der Waals surface area contributed by atoms with E-state index in [0.29, 0.717) is 18.5 Å². The third kappa shape index (κ3) is 1.56. The molecule has 0 N–H and O–H groups in total. The average molecular weight is 219 g/mol. The first-order valence-corrected chi connectivity index (χ1v) is 6.21. The van der Waals surface area contributed by atoms with Crippen LogP contribution in [-0.2, 0) is 6.42 Å². The van der Waals surface area contributed by atoms with Gasteiger partial charge < -0.3 is 0 Å². The van der Waals surface area contributed by atoms with E-state index in [1.807, 2.05) is 0 Å². The lowest BCUT2D eigenvalue weighted by Gasteiger charge is -2.27. The molecule has 2 aliphatic rings. The summed E-state index contributed by atoms with van der Waals surface area (Å²) >= 11 is 0. The molecule has 0 bridgehead atoms. The summed E-state index contributed by atoms with van der Waals surface area (Å²) in [7, 11) is 0. The Balaban J connectivity index is 1.82. The minimum Gasteiger partial charge on any atom is -0.296 e. The van der Waals surface area contributed by atoms with Crippen molar-refractivity contribution in [1.82, 2.24) is 4.90 Å². The molecule has 1 saturated heterocycles. The molecule has 1 aromatic rings. The maximum Gasteiger partial charge on any atom is 0.114 e. The minimum absolute atomic E-state index is 0.526. The highest BCUT2D eigenvalue weighted by atomic mass is 19.1. The summed E-state index contributed by atoms with van der Waals surface area (Å²) in [6.07, 6.45) is 1.22. The van der Waals surface area contributed by atoms with Crippen molar-refractivity contribution in [2.45, 2.75) is 37.9 Å². The summed E-state index contributed by atoms with van der Waals surface area (Å²) in [5.74, 6) is 0.557. The Kier molecular flexibility index (Phi) is 2.47. The highest BCUT2D eigenvalue weighted by Crippen LogP contribution is 2.37. The minimum atomic E-state index is -0.601. The zero-order valence-corrected chi connectivity index (χ0v) is 9.70. The number of hydrogen-bond acceptors (Lipinski definition) is 1. The van der Waals surface area contributed by atoms with Gasteiger partial charge in [-0.05, 0) is 29.9 Å². The molecular formula is C14H18FN. The maximum absolute atomic E-state index is 13.2. The quantitative estimate of drug-likeness (QED) is 0.702. The van der Waals surface area contributed by atoms with Gasteiger partial charge in [0.15, 0.2) is 0 Å². The summed E-state index contributed by atoms with van der Waals surface area (Å²) < 4.78 is 13.2. The summed E-state index contributed by atoms with van der Waals surface area (Å²) in [5, 5.41) is 0. The van der Waals surface area contributed by atoms with Crippen LogP contribution < -0.4 is 0 Å². The molecule has 0 amide bonds. The van der Waals surface area contributed by atoms with Crippen LogP contribution in [0.5, 0.6) is 0 Å². The standard InChI is InChI=1S/C14H18FN/c1-10-13-5-3-2-4-11(13)8-14(10)16-7-6-12(15)9-16/h2-5,10,12,14H,6-9H2,1H3/t10?,12-,14+/m0/s1. The van der Waals surface area contributed by atoms with Crippen molar-refractivity contribution >= 4 is 0 Å². The van der Waals surface area contributed by atoms with Crippen LogP contribution in [-0.4, -0.2) is 30.2 Å². The molecule has 1 aliphatic carbocycles. The molecule has 1 heterocycles. The number of nitrogens with zero attached hydrogens (tertiary/aromatic N) is 1. The summed E-state index contributed by atoms with van der Waals surface area (Å²) in [4.78, 5) is 2.34. The molecule has 0 radical (unpaired) electrons. The van der Waals surface area contributed by atoms with Gasteiger partial charge in [0.1, 0.15) is 6.17 Å². The predicted octanol–water partition coefficient (Wildman–Crippen LogP) is 2.76. The lowest BCUT2D eigenvalue weighted by Crippen LogP contribution is -2.35. The molecule has 1 unspecified atom stereocenters. The van der Waals surface area contributed by atoms with Gasteiger partial charge in [-0.25, -0.2) is 4.39 Å². The summed E-state index contributed by atoms with van der Waals surface area (Å²) in [6.45, 7) is 3.86.